The smallest absolute Gasteiger partial charge is 0.336 e. The molecular formula is C6H11AgNO7. The first-order valence-electron chi connectivity index (χ1n) is 3.17. The van der Waals surface area contributed by atoms with Crippen LogP contribution in [0.5, 0.6) is 0 Å². The van der Waals surface area contributed by atoms with E-state index in [0.29, 0.717) is 0 Å². The quantitative estimate of drug-likeness (QED) is 0.399. The molecule has 0 unspecified atom stereocenters. The van der Waals surface area contributed by atoms with Crippen LogP contribution in [0.1, 0.15) is 12.8 Å². The SMILES string of the molecule is N.O=C(O)CC(O)(CC(=O)O)C(=O)O.[Ag]. The second kappa shape index (κ2) is 7.37. The number of carbonyl (C=O) groups is 3. The minimum atomic E-state index is -2.74. The third-order valence-corrected chi connectivity index (χ3v) is 1.29. The Kier molecular flexibility index (Phi) is 9.64. The Hall–Kier alpha value is -0.930. The zero-order chi connectivity index (χ0) is 10.6. The number of aliphatic hydroxyl groups is 1. The molecule has 0 rings (SSSR count). The molecule has 9 heteroatoms. The fraction of sp³-hybridized carbons (Fsp3) is 0.500. The molecular weight excluding hydrogens is 306 g/mol. The number of aliphatic carboxylic acids is 3. The number of carboxylic acids is 3. The molecule has 0 amide bonds. The molecule has 0 aliphatic carbocycles. The summed E-state index contributed by atoms with van der Waals surface area (Å²) < 4.78 is 0. The second-order valence-corrected chi connectivity index (χ2v) is 2.48. The molecule has 0 bridgehead atoms. The Morgan fingerprint density at radius 3 is 1.33 bits per heavy atom. The van der Waals surface area contributed by atoms with E-state index in [1.807, 2.05) is 0 Å². The molecule has 8 nitrogen and oxygen atoms in total. The molecule has 7 N–H and O–H groups in total. The molecule has 0 aliphatic heterocycles. The zero-order valence-electron chi connectivity index (χ0n) is 7.44. The van der Waals surface area contributed by atoms with Gasteiger partial charge in [0.15, 0.2) is 5.60 Å². The molecule has 0 saturated heterocycles. The summed E-state index contributed by atoms with van der Waals surface area (Å²) in [6.45, 7) is 0. The first-order chi connectivity index (χ1) is 5.78. The Bertz CT molecular complexity index is 238. The normalized spacial score (nSPS) is 9.40. The minimum absolute atomic E-state index is 0. The van der Waals surface area contributed by atoms with E-state index < -0.39 is 36.4 Å². The van der Waals surface area contributed by atoms with Crippen molar-refractivity contribution in [1.82, 2.24) is 6.15 Å². The van der Waals surface area contributed by atoms with Gasteiger partial charge in [-0.15, -0.1) is 0 Å². The molecule has 0 aromatic heterocycles. The molecule has 93 valence electrons. The summed E-state index contributed by atoms with van der Waals surface area (Å²) >= 11 is 0. The fourth-order valence-electron chi connectivity index (χ4n) is 0.714. The summed E-state index contributed by atoms with van der Waals surface area (Å²) in [5.41, 5.74) is -2.74. The van der Waals surface area contributed by atoms with Crippen molar-refractivity contribution < 1.29 is 57.2 Å². The molecule has 0 aromatic rings. The van der Waals surface area contributed by atoms with Crippen molar-refractivity contribution >= 4 is 17.9 Å². The van der Waals surface area contributed by atoms with Crippen molar-refractivity contribution in [3.05, 3.63) is 0 Å². The fourth-order valence-corrected chi connectivity index (χ4v) is 0.714. The van der Waals surface area contributed by atoms with E-state index >= 15 is 0 Å². The molecule has 0 spiro atoms. The Morgan fingerprint density at radius 2 is 1.20 bits per heavy atom. The molecule has 0 atom stereocenters. The van der Waals surface area contributed by atoms with Crippen molar-refractivity contribution in [2.24, 2.45) is 0 Å². The van der Waals surface area contributed by atoms with E-state index in [0.717, 1.165) is 0 Å². The van der Waals surface area contributed by atoms with Crippen LogP contribution in [0.3, 0.4) is 0 Å². The number of hydrogen-bond acceptors (Lipinski definition) is 5. The molecule has 0 aromatic carbocycles. The summed E-state index contributed by atoms with van der Waals surface area (Å²) in [6.07, 6.45) is -2.29. The van der Waals surface area contributed by atoms with Crippen LogP contribution < -0.4 is 6.15 Å². The summed E-state index contributed by atoms with van der Waals surface area (Å²) in [7, 11) is 0. The molecule has 1 radical (unpaired) electrons. The summed E-state index contributed by atoms with van der Waals surface area (Å²) in [6, 6.07) is 0. The van der Waals surface area contributed by atoms with Gasteiger partial charge in [-0.3, -0.25) is 9.59 Å². The standard InChI is InChI=1S/C6H8O7.Ag.H3N/c7-3(8)1-6(13,5(11)12)2-4(9)10;;/h13H,1-2H2,(H,7,8)(H,9,10)(H,11,12);;1H3. The Labute approximate surface area is 100.0 Å². The van der Waals surface area contributed by atoms with Crippen molar-refractivity contribution in [2.45, 2.75) is 18.4 Å². The van der Waals surface area contributed by atoms with Gasteiger partial charge in [0.1, 0.15) is 0 Å². The van der Waals surface area contributed by atoms with Gasteiger partial charge in [-0.05, 0) is 0 Å². The zero-order valence-corrected chi connectivity index (χ0v) is 8.92. The van der Waals surface area contributed by atoms with E-state index in [-0.39, 0.29) is 28.5 Å². The first-order valence-corrected chi connectivity index (χ1v) is 3.17. The Balaban J connectivity index is -0.000000720. The van der Waals surface area contributed by atoms with E-state index in [1.165, 1.54) is 0 Å². The molecule has 0 fully saturated rings. The van der Waals surface area contributed by atoms with E-state index in [4.69, 9.17) is 20.4 Å². The van der Waals surface area contributed by atoms with Crippen LogP contribution in [-0.4, -0.2) is 43.9 Å². The van der Waals surface area contributed by atoms with Gasteiger partial charge in [0.05, 0.1) is 12.8 Å². The molecule has 0 aliphatic rings. The van der Waals surface area contributed by atoms with Crippen LogP contribution in [0.2, 0.25) is 0 Å². The summed E-state index contributed by atoms with van der Waals surface area (Å²) in [5.74, 6) is -5.02. The van der Waals surface area contributed by atoms with Crippen LogP contribution in [0.15, 0.2) is 0 Å². The van der Waals surface area contributed by atoms with Crippen LogP contribution in [0.4, 0.5) is 0 Å². The van der Waals surface area contributed by atoms with Gasteiger partial charge in [0.2, 0.25) is 0 Å². The Morgan fingerprint density at radius 1 is 0.933 bits per heavy atom. The van der Waals surface area contributed by atoms with Gasteiger partial charge in [0.25, 0.3) is 0 Å². The van der Waals surface area contributed by atoms with E-state index in [9.17, 15) is 14.4 Å². The predicted molar refractivity (Wildman–Crippen MR) is 42.1 cm³/mol. The van der Waals surface area contributed by atoms with E-state index in [1.54, 1.807) is 0 Å². The first kappa shape index (κ1) is 19.6. The third-order valence-electron chi connectivity index (χ3n) is 1.29. The second-order valence-electron chi connectivity index (χ2n) is 2.48. The van der Waals surface area contributed by atoms with E-state index in [2.05, 4.69) is 0 Å². The maximum Gasteiger partial charge on any atom is 0.336 e. The van der Waals surface area contributed by atoms with Gasteiger partial charge in [-0.2, -0.15) is 0 Å². The van der Waals surface area contributed by atoms with Gasteiger partial charge >= 0.3 is 17.9 Å². The van der Waals surface area contributed by atoms with Gasteiger partial charge in [0, 0.05) is 22.4 Å². The van der Waals surface area contributed by atoms with Gasteiger partial charge in [-0.1, -0.05) is 0 Å². The van der Waals surface area contributed by atoms with Crippen LogP contribution in [0.25, 0.3) is 0 Å². The average Bonchev–Trinajstić information content (AvgIpc) is 1.82. The predicted octanol–water partition coefficient (Wildman–Crippen LogP) is -1.09. The molecule has 0 saturated carbocycles. The molecule has 0 heterocycles. The maximum absolute atomic E-state index is 10.3. The summed E-state index contributed by atoms with van der Waals surface area (Å²) in [5, 5.41) is 33.8. The van der Waals surface area contributed by atoms with Crippen LogP contribution in [0, 0.1) is 0 Å². The number of carboxylic acid groups (broad SMARTS) is 3. The molecule has 15 heavy (non-hydrogen) atoms. The van der Waals surface area contributed by atoms with Gasteiger partial charge < -0.3 is 26.6 Å². The van der Waals surface area contributed by atoms with Crippen molar-refractivity contribution in [3.63, 3.8) is 0 Å². The monoisotopic (exact) mass is 316 g/mol. The number of hydrogen-bond donors (Lipinski definition) is 5. The van der Waals surface area contributed by atoms with Crippen molar-refractivity contribution in [2.75, 3.05) is 0 Å². The van der Waals surface area contributed by atoms with Crippen LogP contribution >= 0.6 is 0 Å². The topological polar surface area (TPSA) is 167 Å². The largest absolute Gasteiger partial charge is 0.481 e. The minimum Gasteiger partial charge on any atom is -0.481 e. The van der Waals surface area contributed by atoms with Gasteiger partial charge in [-0.25, -0.2) is 4.79 Å². The summed E-state index contributed by atoms with van der Waals surface area (Å²) in [4.78, 5) is 30.5. The third kappa shape index (κ3) is 7.05. The van der Waals surface area contributed by atoms with Crippen molar-refractivity contribution in [3.8, 4) is 0 Å². The van der Waals surface area contributed by atoms with Crippen LogP contribution in [-0.2, 0) is 36.8 Å². The maximum atomic E-state index is 10.3. The average molecular weight is 317 g/mol. The number of rotatable bonds is 5. The van der Waals surface area contributed by atoms with Crippen molar-refractivity contribution in [1.29, 1.82) is 0 Å².